The number of nitrogens with two attached hydrogens (primary N) is 1. The minimum absolute atomic E-state index is 0.148. The molecule has 100 valence electrons. The van der Waals surface area contributed by atoms with Crippen molar-refractivity contribution < 1.29 is 9.90 Å². The molecule has 0 fully saturated rings. The van der Waals surface area contributed by atoms with E-state index in [1.165, 1.54) is 0 Å². The van der Waals surface area contributed by atoms with E-state index in [0.717, 1.165) is 21.4 Å². The predicted octanol–water partition coefficient (Wildman–Crippen LogP) is 2.62. The Morgan fingerprint density at radius 2 is 2.32 bits per heavy atom. The first-order chi connectivity index (χ1) is 8.97. The van der Waals surface area contributed by atoms with Crippen molar-refractivity contribution in [2.45, 2.75) is 19.4 Å². The van der Waals surface area contributed by atoms with Crippen LogP contribution in [0.5, 0.6) is 0 Å². The number of carbonyl (C=O) groups is 1. The number of aryl methyl sites for hydroxylation is 1. The van der Waals surface area contributed by atoms with Crippen LogP contribution < -0.4 is 5.73 Å². The zero-order chi connectivity index (χ0) is 14.0. The predicted molar refractivity (Wildman–Crippen MR) is 75.6 cm³/mol. The van der Waals surface area contributed by atoms with Crippen LogP contribution in [-0.4, -0.2) is 21.0 Å². The number of carboxylic acid groups (broad SMARTS) is 1. The second-order valence-corrected chi connectivity index (χ2v) is 5.23. The Morgan fingerprint density at radius 3 is 2.95 bits per heavy atom. The standard InChI is InChI=1S/C13H14BrN3O2/c1-7-12(8-3-2-4-9(14)5-8)17-13(16-7)10(15)6-11(18)19/h2-5,10H,6,15H2,1H3,(H,16,17)(H,18,19). The van der Waals surface area contributed by atoms with Crippen molar-refractivity contribution in [1.82, 2.24) is 9.97 Å². The zero-order valence-corrected chi connectivity index (χ0v) is 11.9. The minimum atomic E-state index is -0.939. The lowest BCUT2D eigenvalue weighted by Crippen LogP contribution is -2.16. The van der Waals surface area contributed by atoms with Gasteiger partial charge in [-0.15, -0.1) is 0 Å². The van der Waals surface area contributed by atoms with Gasteiger partial charge in [-0.2, -0.15) is 0 Å². The van der Waals surface area contributed by atoms with Gasteiger partial charge in [-0.25, -0.2) is 4.98 Å². The summed E-state index contributed by atoms with van der Waals surface area (Å²) in [6.45, 7) is 1.89. The average molecular weight is 324 g/mol. The van der Waals surface area contributed by atoms with Gasteiger partial charge in [-0.3, -0.25) is 4.79 Å². The summed E-state index contributed by atoms with van der Waals surface area (Å²) < 4.78 is 0.962. The Hall–Kier alpha value is -1.66. The zero-order valence-electron chi connectivity index (χ0n) is 10.4. The number of imidazole rings is 1. The molecule has 1 heterocycles. The number of H-pyrrole nitrogens is 1. The second kappa shape index (κ2) is 5.54. The SMILES string of the molecule is Cc1[nH]c(C(N)CC(=O)O)nc1-c1cccc(Br)c1. The summed E-state index contributed by atoms with van der Waals surface area (Å²) in [5.74, 6) is -0.444. The fourth-order valence-electron chi connectivity index (χ4n) is 1.86. The van der Waals surface area contributed by atoms with Crippen LogP contribution in [0.4, 0.5) is 0 Å². The van der Waals surface area contributed by atoms with Crippen LogP contribution in [0.25, 0.3) is 11.3 Å². The molecule has 0 saturated heterocycles. The van der Waals surface area contributed by atoms with E-state index in [1.54, 1.807) is 0 Å². The number of halogens is 1. The van der Waals surface area contributed by atoms with Crippen molar-refractivity contribution in [2.24, 2.45) is 5.73 Å². The van der Waals surface area contributed by atoms with Crippen LogP contribution in [-0.2, 0) is 4.79 Å². The summed E-state index contributed by atoms with van der Waals surface area (Å²) in [4.78, 5) is 18.1. The number of benzene rings is 1. The summed E-state index contributed by atoms with van der Waals surface area (Å²) in [6, 6.07) is 7.13. The van der Waals surface area contributed by atoms with E-state index in [9.17, 15) is 4.79 Å². The molecule has 0 aliphatic carbocycles. The fraction of sp³-hybridized carbons (Fsp3) is 0.231. The Morgan fingerprint density at radius 1 is 1.58 bits per heavy atom. The van der Waals surface area contributed by atoms with E-state index in [2.05, 4.69) is 25.9 Å². The number of aromatic nitrogens is 2. The minimum Gasteiger partial charge on any atom is -0.481 e. The summed E-state index contributed by atoms with van der Waals surface area (Å²) in [7, 11) is 0. The van der Waals surface area contributed by atoms with Gasteiger partial charge in [-0.05, 0) is 19.1 Å². The van der Waals surface area contributed by atoms with Crippen LogP contribution in [0.1, 0.15) is 24.0 Å². The molecule has 1 aromatic heterocycles. The fourth-order valence-corrected chi connectivity index (χ4v) is 2.26. The highest BCUT2D eigenvalue weighted by molar-refractivity contribution is 9.10. The third kappa shape index (κ3) is 3.21. The smallest absolute Gasteiger partial charge is 0.305 e. The van der Waals surface area contributed by atoms with Gasteiger partial charge in [-0.1, -0.05) is 28.1 Å². The normalized spacial score (nSPS) is 12.4. The molecular formula is C13H14BrN3O2. The molecule has 2 rings (SSSR count). The van der Waals surface area contributed by atoms with Gasteiger partial charge in [0.25, 0.3) is 0 Å². The molecule has 0 amide bonds. The first-order valence-corrected chi connectivity index (χ1v) is 6.56. The number of aromatic amines is 1. The molecule has 1 unspecified atom stereocenters. The molecule has 2 aromatic rings. The number of hydrogen-bond acceptors (Lipinski definition) is 3. The molecule has 0 aliphatic rings. The quantitative estimate of drug-likeness (QED) is 0.806. The average Bonchev–Trinajstić information content (AvgIpc) is 2.70. The molecule has 0 spiro atoms. The van der Waals surface area contributed by atoms with Gasteiger partial charge in [0.1, 0.15) is 5.82 Å². The maximum absolute atomic E-state index is 10.7. The molecular weight excluding hydrogens is 310 g/mol. The number of aliphatic carboxylic acids is 1. The van der Waals surface area contributed by atoms with Gasteiger partial charge in [0.05, 0.1) is 18.2 Å². The number of hydrogen-bond donors (Lipinski definition) is 3. The van der Waals surface area contributed by atoms with E-state index in [-0.39, 0.29) is 6.42 Å². The molecule has 1 aromatic carbocycles. The van der Waals surface area contributed by atoms with Gasteiger partial charge in [0.15, 0.2) is 0 Å². The van der Waals surface area contributed by atoms with Crippen LogP contribution in [0.15, 0.2) is 28.7 Å². The molecule has 19 heavy (non-hydrogen) atoms. The summed E-state index contributed by atoms with van der Waals surface area (Å²) >= 11 is 3.41. The van der Waals surface area contributed by atoms with Crippen molar-refractivity contribution in [3.8, 4) is 11.3 Å². The molecule has 0 saturated carbocycles. The van der Waals surface area contributed by atoms with E-state index in [1.807, 2.05) is 31.2 Å². The summed E-state index contributed by atoms with van der Waals surface area (Å²) in [5, 5.41) is 8.75. The van der Waals surface area contributed by atoms with E-state index < -0.39 is 12.0 Å². The highest BCUT2D eigenvalue weighted by atomic mass is 79.9. The largest absolute Gasteiger partial charge is 0.481 e. The van der Waals surface area contributed by atoms with Crippen molar-refractivity contribution in [1.29, 1.82) is 0 Å². The monoisotopic (exact) mass is 323 g/mol. The molecule has 4 N–H and O–H groups in total. The number of carboxylic acids is 1. The summed E-state index contributed by atoms with van der Waals surface area (Å²) in [6.07, 6.45) is -0.148. The molecule has 0 bridgehead atoms. The van der Waals surface area contributed by atoms with E-state index in [4.69, 9.17) is 10.8 Å². The first kappa shape index (κ1) is 13.8. The lowest BCUT2D eigenvalue weighted by Gasteiger charge is -2.04. The molecule has 6 heteroatoms. The van der Waals surface area contributed by atoms with Gasteiger partial charge < -0.3 is 15.8 Å². The van der Waals surface area contributed by atoms with E-state index in [0.29, 0.717) is 5.82 Å². The molecule has 0 aliphatic heterocycles. The lowest BCUT2D eigenvalue weighted by molar-refractivity contribution is -0.137. The van der Waals surface area contributed by atoms with Crippen LogP contribution in [0.3, 0.4) is 0 Å². The van der Waals surface area contributed by atoms with E-state index >= 15 is 0 Å². The third-order valence-corrected chi connectivity index (χ3v) is 3.24. The van der Waals surface area contributed by atoms with Crippen LogP contribution in [0, 0.1) is 6.92 Å². The van der Waals surface area contributed by atoms with Gasteiger partial charge in [0, 0.05) is 15.7 Å². The van der Waals surface area contributed by atoms with Crippen molar-refractivity contribution >= 4 is 21.9 Å². The number of nitrogens with one attached hydrogen (secondary N) is 1. The maximum Gasteiger partial charge on any atom is 0.305 e. The van der Waals surface area contributed by atoms with Crippen molar-refractivity contribution in [3.63, 3.8) is 0 Å². The van der Waals surface area contributed by atoms with Crippen molar-refractivity contribution in [3.05, 3.63) is 40.3 Å². The van der Waals surface area contributed by atoms with Gasteiger partial charge in [0.2, 0.25) is 0 Å². The Bertz CT molecular complexity index is 610. The lowest BCUT2D eigenvalue weighted by atomic mass is 10.1. The van der Waals surface area contributed by atoms with Crippen LogP contribution in [0.2, 0.25) is 0 Å². The van der Waals surface area contributed by atoms with Gasteiger partial charge >= 0.3 is 5.97 Å². The molecule has 5 nitrogen and oxygen atoms in total. The summed E-state index contributed by atoms with van der Waals surface area (Å²) in [5.41, 5.74) is 8.42. The molecule has 1 atom stereocenters. The number of nitrogens with zero attached hydrogens (tertiary/aromatic N) is 1. The topological polar surface area (TPSA) is 92.0 Å². The highest BCUT2D eigenvalue weighted by Crippen LogP contribution is 2.25. The Balaban J connectivity index is 2.33. The third-order valence-electron chi connectivity index (χ3n) is 2.75. The highest BCUT2D eigenvalue weighted by Gasteiger charge is 2.17. The maximum atomic E-state index is 10.7. The molecule has 0 radical (unpaired) electrons. The first-order valence-electron chi connectivity index (χ1n) is 5.77. The number of rotatable bonds is 4. The Kier molecular flexibility index (Phi) is 4.01. The Labute approximate surface area is 119 Å². The van der Waals surface area contributed by atoms with Crippen LogP contribution >= 0.6 is 15.9 Å². The van der Waals surface area contributed by atoms with Crippen molar-refractivity contribution in [2.75, 3.05) is 0 Å². The second-order valence-electron chi connectivity index (χ2n) is 4.31.